The fraction of sp³-hybridized carbons (Fsp3) is 0.364. The Morgan fingerprint density at radius 1 is 1.56 bits per heavy atom. The summed E-state index contributed by atoms with van der Waals surface area (Å²) in [6.45, 7) is 2.84. The zero-order valence-electron chi connectivity index (χ0n) is 9.86. The molecule has 2 rings (SSSR count). The van der Waals surface area contributed by atoms with Crippen molar-refractivity contribution < 1.29 is 13.5 Å². The van der Waals surface area contributed by atoms with Gasteiger partial charge in [0, 0.05) is 6.54 Å². The summed E-state index contributed by atoms with van der Waals surface area (Å²) in [4.78, 5) is 0. The predicted octanol–water partition coefficient (Wildman–Crippen LogP) is 1.27. The van der Waals surface area contributed by atoms with Crippen molar-refractivity contribution in [1.82, 2.24) is 5.43 Å². The van der Waals surface area contributed by atoms with Gasteiger partial charge >= 0.3 is 0 Å². The van der Waals surface area contributed by atoms with Crippen LogP contribution >= 0.6 is 0 Å². The van der Waals surface area contributed by atoms with Gasteiger partial charge in [0.1, 0.15) is 24.1 Å². The molecule has 0 unspecified atom stereocenters. The number of anilines is 1. The molecule has 0 spiro atoms. The Bertz CT molecular complexity index is 439. The first-order valence-corrected chi connectivity index (χ1v) is 5.54. The topological polar surface area (TPSA) is 66.2 Å². The van der Waals surface area contributed by atoms with Crippen LogP contribution in [0, 0.1) is 11.6 Å². The van der Waals surface area contributed by atoms with Crippen LogP contribution in [0.4, 0.5) is 14.5 Å². The van der Waals surface area contributed by atoms with E-state index in [2.05, 4.69) is 10.5 Å². The zero-order chi connectivity index (χ0) is 13.1. The second-order valence-corrected chi connectivity index (χ2v) is 3.81. The molecule has 1 fully saturated rings. The number of hydrazine groups is 1. The van der Waals surface area contributed by atoms with Crippen LogP contribution in [0.25, 0.3) is 0 Å². The lowest BCUT2D eigenvalue weighted by molar-refractivity contribution is 0.398. The average molecular weight is 256 g/mol. The van der Waals surface area contributed by atoms with E-state index in [1.165, 1.54) is 6.34 Å². The molecular weight excluding hydrogens is 242 g/mol. The maximum atomic E-state index is 13.7. The van der Waals surface area contributed by atoms with Crippen LogP contribution in [0.5, 0.6) is 0 Å². The maximum absolute atomic E-state index is 13.7. The van der Waals surface area contributed by atoms with Crippen LogP contribution in [0.1, 0.15) is 18.6 Å². The number of benzene rings is 1. The van der Waals surface area contributed by atoms with Crippen molar-refractivity contribution in [3.8, 4) is 0 Å². The third-order valence-electron chi connectivity index (χ3n) is 2.45. The highest BCUT2D eigenvalue weighted by Crippen LogP contribution is 2.35. The first-order chi connectivity index (χ1) is 8.63. The number of hydrogen-bond donors (Lipinski definition) is 2. The third-order valence-corrected chi connectivity index (χ3v) is 2.45. The summed E-state index contributed by atoms with van der Waals surface area (Å²) in [5.74, 6) is 4.26. The fourth-order valence-electron chi connectivity index (χ4n) is 1.50. The largest absolute Gasteiger partial charge is 0.368 e. The Hall–Kier alpha value is -1.73. The molecule has 1 atom stereocenters. The average Bonchev–Trinajstić information content (AvgIpc) is 3.12. The molecule has 0 radical (unpaired) electrons. The number of rotatable bonds is 5. The lowest BCUT2D eigenvalue weighted by Crippen LogP contribution is -2.30. The molecule has 1 saturated heterocycles. The molecule has 1 aliphatic heterocycles. The number of epoxide rings is 1. The Kier molecular flexibility index (Phi) is 3.73. The number of hydrazone groups is 1. The van der Waals surface area contributed by atoms with Crippen molar-refractivity contribution in [3.63, 3.8) is 0 Å². The molecule has 0 amide bonds. The summed E-state index contributed by atoms with van der Waals surface area (Å²) in [6, 6.07) is 2.30. The van der Waals surface area contributed by atoms with Crippen LogP contribution in [0.3, 0.4) is 0 Å². The highest BCUT2D eigenvalue weighted by Gasteiger charge is 2.31. The smallest absolute Gasteiger partial charge is 0.134 e. The molecule has 1 aromatic carbocycles. The van der Waals surface area contributed by atoms with E-state index in [1.807, 2.05) is 6.92 Å². The zero-order valence-corrected chi connectivity index (χ0v) is 9.86. The Morgan fingerprint density at radius 3 is 2.67 bits per heavy atom. The van der Waals surface area contributed by atoms with E-state index in [-0.39, 0.29) is 11.3 Å². The van der Waals surface area contributed by atoms with Crippen LogP contribution in [0.2, 0.25) is 0 Å². The summed E-state index contributed by atoms with van der Waals surface area (Å²) >= 11 is 0. The van der Waals surface area contributed by atoms with E-state index in [1.54, 1.807) is 0 Å². The SMILES string of the molecule is CCN/N=C\N(N)c1cc(F)c([C@H]2CO2)c(F)c1. The standard InChI is InChI=1S/C11H14F2N4O/c1-2-15-16-6-17(14)7-3-8(12)11(9(13)4-7)10-5-18-10/h3-4,6,10,15H,2,5,14H2,1H3/b16-6-/t10-/m1/s1. The minimum atomic E-state index is -0.667. The van der Waals surface area contributed by atoms with Gasteiger partial charge in [-0.25, -0.2) is 14.6 Å². The molecular formula is C11H14F2N4O. The molecule has 0 saturated carbocycles. The predicted molar refractivity (Wildman–Crippen MR) is 63.9 cm³/mol. The van der Waals surface area contributed by atoms with Crippen LogP contribution in [0.15, 0.2) is 17.2 Å². The molecule has 3 N–H and O–H groups in total. The number of nitrogens with two attached hydrogens (primary N) is 1. The highest BCUT2D eigenvalue weighted by atomic mass is 19.1. The van der Waals surface area contributed by atoms with Gasteiger partial charge in [0.05, 0.1) is 17.9 Å². The van der Waals surface area contributed by atoms with Gasteiger partial charge in [0.15, 0.2) is 0 Å². The maximum Gasteiger partial charge on any atom is 0.134 e. The monoisotopic (exact) mass is 256 g/mol. The number of halogens is 2. The molecule has 5 nitrogen and oxygen atoms in total. The molecule has 0 aliphatic carbocycles. The molecule has 7 heteroatoms. The minimum absolute atomic E-state index is 0.0456. The lowest BCUT2D eigenvalue weighted by atomic mass is 10.1. The number of hydrogen-bond acceptors (Lipinski definition) is 4. The van der Waals surface area contributed by atoms with Crippen LogP contribution in [-0.4, -0.2) is 19.5 Å². The summed E-state index contributed by atoms with van der Waals surface area (Å²) in [5, 5.41) is 4.79. The van der Waals surface area contributed by atoms with Crippen molar-refractivity contribution in [2.24, 2.45) is 10.9 Å². The summed E-state index contributed by atoms with van der Waals surface area (Å²) < 4.78 is 32.3. The van der Waals surface area contributed by atoms with Gasteiger partial charge in [0.2, 0.25) is 0 Å². The van der Waals surface area contributed by atoms with E-state index in [0.29, 0.717) is 13.2 Å². The number of ether oxygens (including phenoxy) is 1. The Balaban J connectivity index is 2.19. The van der Waals surface area contributed by atoms with Crippen molar-refractivity contribution in [3.05, 3.63) is 29.3 Å². The Morgan fingerprint density at radius 2 is 2.17 bits per heavy atom. The van der Waals surface area contributed by atoms with E-state index in [0.717, 1.165) is 17.1 Å². The van der Waals surface area contributed by atoms with E-state index in [4.69, 9.17) is 10.6 Å². The van der Waals surface area contributed by atoms with Gasteiger partial charge in [-0.2, -0.15) is 5.10 Å². The normalized spacial score (nSPS) is 18.1. The number of nitrogens with one attached hydrogen (secondary N) is 1. The van der Waals surface area contributed by atoms with E-state index < -0.39 is 17.7 Å². The third kappa shape index (κ3) is 2.74. The van der Waals surface area contributed by atoms with Gasteiger partial charge in [-0.3, -0.25) is 5.01 Å². The van der Waals surface area contributed by atoms with Crippen molar-refractivity contribution in [2.75, 3.05) is 18.2 Å². The van der Waals surface area contributed by atoms with Gasteiger partial charge < -0.3 is 10.2 Å². The molecule has 18 heavy (non-hydrogen) atoms. The van der Waals surface area contributed by atoms with Crippen molar-refractivity contribution in [1.29, 1.82) is 0 Å². The van der Waals surface area contributed by atoms with Crippen molar-refractivity contribution >= 4 is 12.0 Å². The summed E-state index contributed by atoms with van der Waals surface area (Å²) in [5.41, 5.74) is 2.79. The highest BCUT2D eigenvalue weighted by molar-refractivity contribution is 5.77. The summed E-state index contributed by atoms with van der Waals surface area (Å²) in [7, 11) is 0. The van der Waals surface area contributed by atoms with Crippen LogP contribution < -0.4 is 16.3 Å². The lowest BCUT2D eigenvalue weighted by Gasteiger charge is -2.14. The molecule has 0 bridgehead atoms. The molecule has 1 aromatic rings. The first-order valence-electron chi connectivity index (χ1n) is 5.54. The summed E-state index contributed by atoms with van der Waals surface area (Å²) in [6.07, 6.45) is 0.770. The van der Waals surface area contributed by atoms with E-state index in [9.17, 15) is 8.78 Å². The molecule has 1 aliphatic rings. The van der Waals surface area contributed by atoms with Gasteiger partial charge in [0.25, 0.3) is 0 Å². The fourth-order valence-corrected chi connectivity index (χ4v) is 1.50. The van der Waals surface area contributed by atoms with Crippen LogP contribution in [-0.2, 0) is 4.74 Å². The first kappa shape index (κ1) is 12.7. The van der Waals surface area contributed by atoms with Crippen molar-refractivity contribution in [2.45, 2.75) is 13.0 Å². The van der Waals surface area contributed by atoms with Gasteiger partial charge in [-0.1, -0.05) is 0 Å². The molecule has 0 aromatic heterocycles. The minimum Gasteiger partial charge on any atom is -0.368 e. The van der Waals surface area contributed by atoms with Gasteiger partial charge in [-0.15, -0.1) is 0 Å². The second-order valence-electron chi connectivity index (χ2n) is 3.81. The Labute approximate surface area is 103 Å². The number of nitrogens with zero attached hydrogens (tertiary/aromatic N) is 2. The quantitative estimate of drug-likeness (QED) is 0.274. The second kappa shape index (κ2) is 5.28. The van der Waals surface area contributed by atoms with E-state index >= 15 is 0 Å². The molecule has 1 heterocycles. The van der Waals surface area contributed by atoms with Gasteiger partial charge in [-0.05, 0) is 19.1 Å². The molecule has 98 valence electrons.